The van der Waals surface area contributed by atoms with Crippen LogP contribution in [0.4, 0.5) is 0 Å². The predicted molar refractivity (Wildman–Crippen MR) is 106 cm³/mol. The molecule has 0 saturated carbocycles. The summed E-state index contributed by atoms with van der Waals surface area (Å²) in [6.07, 6.45) is 2.82. The number of esters is 1. The average Bonchev–Trinajstić information content (AvgIpc) is 2.69. The van der Waals surface area contributed by atoms with Crippen LogP contribution in [0.25, 0.3) is 0 Å². The molecular formula is C21H34O7. The lowest BCUT2D eigenvalue weighted by atomic mass is 10.1. The zero-order valence-electron chi connectivity index (χ0n) is 17.2. The molecule has 0 radical (unpaired) electrons. The molecule has 1 rings (SSSR count). The summed E-state index contributed by atoms with van der Waals surface area (Å²) in [6.45, 7) is 6.33. The molecule has 7 heteroatoms. The van der Waals surface area contributed by atoms with Gasteiger partial charge in [0.1, 0.15) is 12.4 Å². The van der Waals surface area contributed by atoms with E-state index in [0.717, 1.165) is 25.0 Å². The summed E-state index contributed by atoms with van der Waals surface area (Å²) in [5, 5.41) is 0. The number of methoxy groups -OCH3 is 1. The summed E-state index contributed by atoms with van der Waals surface area (Å²) in [7, 11) is 1.65. The highest BCUT2D eigenvalue weighted by Gasteiger charge is 1.98. The van der Waals surface area contributed by atoms with Gasteiger partial charge in [0.05, 0.1) is 52.9 Å². The molecule has 0 aliphatic rings. The normalized spacial score (nSPS) is 10.8. The molecule has 0 bridgehead atoms. The van der Waals surface area contributed by atoms with Crippen LogP contribution in [0.2, 0.25) is 0 Å². The molecule has 0 aliphatic heterocycles. The fourth-order valence-corrected chi connectivity index (χ4v) is 2.30. The fraction of sp³-hybridized carbons (Fsp3) is 0.667. The number of benzene rings is 1. The van der Waals surface area contributed by atoms with Crippen molar-refractivity contribution in [1.29, 1.82) is 0 Å². The van der Waals surface area contributed by atoms with E-state index in [0.29, 0.717) is 59.5 Å². The largest absolute Gasteiger partial charge is 0.491 e. The Kier molecular flexibility index (Phi) is 15.2. The van der Waals surface area contributed by atoms with E-state index in [4.69, 9.17) is 28.4 Å². The van der Waals surface area contributed by atoms with Crippen molar-refractivity contribution >= 4 is 5.97 Å². The molecule has 0 saturated heterocycles. The van der Waals surface area contributed by atoms with E-state index in [-0.39, 0.29) is 5.97 Å². The van der Waals surface area contributed by atoms with E-state index >= 15 is 0 Å². The van der Waals surface area contributed by atoms with Crippen molar-refractivity contribution in [3.8, 4) is 5.75 Å². The maximum atomic E-state index is 10.7. The molecule has 0 heterocycles. The quantitative estimate of drug-likeness (QED) is 0.278. The Bertz CT molecular complexity index is 490. The number of hydrogen-bond acceptors (Lipinski definition) is 7. The Hall–Kier alpha value is -1.67. The summed E-state index contributed by atoms with van der Waals surface area (Å²) >= 11 is 0. The molecule has 0 aromatic heterocycles. The number of ether oxygens (including phenoxy) is 6. The molecule has 0 fully saturated rings. The standard InChI is InChI=1S/C21H34O7/c1-19(22)27-10-4-3-5-20-6-8-21(9-7-20)28-18-17-26-16-15-25-14-13-24-12-11-23-2/h6-9H,3-5,10-18H2,1-2H3. The number of carbonyl (C=O) groups is 1. The van der Waals surface area contributed by atoms with Gasteiger partial charge in [0.25, 0.3) is 0 Å². The Balaban J connectivity index is 1.93. The van der Waals surface area contributed by atoms with Crippen LogP contribution in [-0.2, 0) is 34.9 Å². The Morgan fingerprint density at radius 3 is 1.89 bits per heavy atom. The van der Waals surface area contributed by atoms with Gasteiger partial charge in [-0.05, 0) is 37.0 Å². The molecule has 7 nitrogen and oxygen atoms in total. The van der Waals surface area contributed by atoms with Crippen molar-refractivity contribution < 1.29 is 33.2 Å². The lowest BCUT2D eigenvalue weighted by molar-refractivity contribution is -0.141. The van der Waals surface area contributed by atoms with Crippen LogP contribution in [0.15, 0.2) is 24.3 Å². The summed E-state index contributed by atoms with van der Waals surface area (Å²) in [6, 6.07) is 8.05. The van der Waals surface area contributed by atoms with Crippen LogP contribution in [-0.4, -0.2) is 72.5 Å². The molecule has 0 amide bonds. The molecule has 0 unspecified atom stereocenters. The summed E-state index contributed by atoms with van der Waals surface area (Å²) in [5.41, 5.74) is 1.25. The van der Waals surface area contributed by atoms with Crippen LogP contribution in [0.3, 0.4) is 0 Å². The second-order valence-corrected chi connectivity index (χ2v) is 6.12. The van der Waals surface area contributed by atoms with Crippen LogP contribution < -0.4 is 4.74 Å². The smallest absolute Gasteiger partial charge is 0.302 e. The zero-order chi connectivity index (χ0) is 20.3. The van der Waals surface area contributed by atoms with Crippen LogP contribution in [0, 0.1) is 0 Å². The van der Waals surface area contributed by atoms with Crippen molar-refractivity contribution in [2.45, 2.75) is 26.2 Å². The molecule has 160 valence electrons. The van der Waals surface area contributed by atoms with E-state index in [2.05, 4.69) is 12.1 Å². The van der Waals surface area contributed by atoms with E-state index in [1.54, 1.807) is 7.11 Å². The lowest BCUT2D eigenvalue weighted by Gasteiger charge is -2.09. The zero-order valence-corrected chi connectivity index (χ0v) is 17.2. The second-order valence-electron chi connectivity index (χ2n) is 6.12. The maximum Gasteiger partial charge on any atom is 0.302 e. The Morgan fingerprint density at radius 2 is 1.32 bits per heavy atom. The predicted octanol–water partition coefficient (Wildman–Crippen LogP) is 2.65. The van der Waals surface area contributed by atoms with Gasteiger partial charge in [-0.25, -0.2) is 0 Å². The second kappa shape index (κ2) is 17.4. The highest BCUT2D eigenvalue weighted by Crippen LogP contribution is 2.14. The number of rotatable bonds is 18. The first kappa shape index (κ1) is 24.4. The lowest BCUT2D eigenvalue weighted by Crippen LogP contribution is -2.13. The van der Waals surface area contributed by atoms with E-state index in [1.807, 2.05) is 12.1 Å². The van der Waals surface area contributed by atoms with E-state index < -0.39 is 0 Å². The monoisotopic (exact) mass is 398 g/mol. The third-order valence-corrected chi connectivity index (χ3v) is 3.76. The van der Waals surface area contributed by atoms with E-state index in [9.17, 15) is 4.79 Å². The number of unbranched alkanes of at least 4 members (excludes halogenated alkanes) is 1. The van der Waals surface area contributed by atoms with Crippen LogP contribution >= 0.6 is 0 Å². The molecular weight excluding hydrogens is 364 g/mol. The van der Waals surface area contributed by atoms with Gasteiger partial charge in [0.15, 0.2) is 0 Å². The Morgan fingerprint density at radius 1 is 0.750 bits per heavy atom. The highest BCUT2D eigenvalue weighted by atomic mass is 16.6. The number of carbonyl (C=O) groups excluding carboxylic acids is 1. The highest BCUT2D eigenvalue weighted by molar-refractivity contribution is 5.65. The SMILES string of the molecule is COCCOCCOCCOCCOc1ccc(CCCCOC(C)=O)cc1. The minimum absolute atomic E-state index is 0.221. The first-order valence-corrected chi connectivity index (χ1v) is 9.79. The van der Waals surface area contributed by atoms with Crippen molar-refractivity contribution in [3.63, 3.8) is 0 Å². The van der Waals surface area contributed by atoms with Gasteiger partial charge in [-0.2, -0.15) is 0 Å². The van der Waals surface area contributed by atoms with Gasteiger partial charge in [0.2, 0.25) is 0 Å². The minimum atomic E-state index is -0.221. The van der Waals surface area contributed by atoms with Crippen LogP contribution in [0.1, 0.15) is 25.3 Å². The van der Waals surface area contributed by atoms with Gasteiger partial charge < -0.3 is 28.4 Å². The number of aryl methyl sites for hydroxylation is 1. The van der Waals surface area contributed by atoms with Gasteiger partial charge >= 0.3 is 5.97 Å². The maximum absolute atomic E-state index is 10.7. The first-order chi connectivity index (χ1) is 13.7. The summed E-state index contributed by atoms with van der Waals surface area (Å²) in [4.78, 5) is 10.7. The molecule has 1 aromatic rings. The third kappa shape index (κ3) is 14.4. The van der Waals surface area contributed by atoms with Gasteiger partial charge in [0, 0.05) is 14.0 Å². The Labute approximate surface area is 168 Å². The van der Waals surface area contributed by atoms with Gasteiger partial charge in [-0.1, -0.05) is 12.1 Å². The average molecular weight is 398 g/mol. The summed E-state index contributed by atoms with van der Waals surface area (Å²) < 4.78 is 31.6. The van der Waals surface area contributed by atoms with Crippen molar-refractivity contribution in [3.05, 3.63) is 29.8 Å². The van der Waals surface area contributed by atoms with E-state index in [1.165, 1.54) is 12.5 Å². The molecule has 0 spiro atoms. The van der Waals surface area contributed by atoms with Crippen molar-refractivity contribution in [2.75, 3.05) is 66.6 Å². The van der Waals surface area contributed by atoms with Crippen molar-refractivity contribution in [2.24, 2.45) is 0 Å². The molecule has 0 atom stereocenters. The number of hydrogen-bond donors (Lipinski definition) is 0. The minimum Gasteiger partial charge on any atom is -0.491 e. The molecule has 0 aliphatic carbocycles. The topological polar surface area (TPSA) is 72.5 Å². The van der Waals surface area contributed by atoms with Gasteiger partial charge in [-0.3, -0.25) is 4.79 Å². The molecule has 1 aromatic carbocycles. The molecule has 28 heavy (non-hydrogen) atoms. The molecule has 0 N–H and O–H groups in total. The van der Waals surface area contributed by atoms with Crippen LogP contribution in [0.5, 0.6) is 5.75 Å². The third-order valence-electron chi connectivity index (χ3n) is 3.76. The van der Waals surface area contributed by atoms with Gasteiger partial charge in [-0.15, -0.1) is 0 Å². The first-order valence-electron chi connectivity index (χ1n) is 9.79. The summed E-state index contributed by atoms with van der Waals surface area (Å²) in [5.74, 6) is 0.609. The van der Waals surface area contributed by atoms with Crippen molar-refractivity contribution in [1.82, 2.24) is 0 Å². The fourth-order valence-electron chi connectivity index (χ4n) is 2.30.